The van der Waals surface area contributed by atoms with Crippen LogP contribution in [0, 0.1) is 7.05 Å². The molecule has 0 saturated carbocycles. The number of aliphatic hydroxyl groups excluding tert-OH is 1. The van der Waals surface area contributed by atoms with Crippen molar-refractivity contribution in [3.8, 4) is 0 Å². The standard InChI is InChI=1S/C10H10N2O/c1-12-9-5-3-2-4-8(9)11-10(12)6-7-13/h1-5,13H,6-7H2. The molecule has 0 aliphatic carbocycles. The van der Waals surface area contributed by atoms with Crippen molar-refractivity contribution in [3.05, 3.63) is 37.1 Å². The summed E-state index contributed by atoms with van der Waals surface area (Å²) >= 11 is 0. The van der Waals surface area contributed by atoms with Crippen LogP contribution in [0.4, 0.5) is 0 Å². The highest BCUT2D eigenvalue weighted by Gasteiger charge is 2.05. The smallest absolute Gasteiger partial charge is 0.112 e. The van der Waals surface area contributed by atoms with Gasteiger partial charge in [0, 0.05) is 6.42 Å². The first-order valence-electron chi connectivity index (χ1n) is 4.15. The molecule has 1 N–H and O–H groups in total. The maximum Gasteiger partial charge on any atom is 0.112 e. The quantitative estimate of drug-likeness (QED) is 0.740. The maximum atomic E-state index is 8.76. The predicted molar refractivity (Wildman–Crippen MR) is 50.2 cm³/mol. The molecule has 1 heterocycles. The molecule has 1 aromatic carbocycles. The molecule has 1 aromatic heterocycles. The Kier molecular flexibility index (Phi) is 2.02. The number of benzene rings is 1. The summed E-state index contributed by atoms with van der Waals surface area (Å²) in [5.74, 6) is 0.712. The summed E-state index contributed by atoms with van der Waals surface area (Å²) in [6.45, 7) is 0.0700. The fourth-order valence-corrected chi connectivity index (χ4v) is 1.37. The molecule has 0 atom stereocenters. The van der Waals surface area contributed by atoms with Crippen molar-refractivity contribution in [1.82, 2.24) is 9.55 Å². The highest BCUT2D eigenvalue weighted by atomic mass is 16.3. The van der Waals surface area contributed by atoms with E-state index < -0.39 is 0 Å². The highest BCUT2D eigenvalue weighted by molar-refractivity contribution is 5.76. The van der Waals surface area contributed by atoms with E-state index in [0.717, 1.165) is 11.0 Å². The maximum absolute atomic E-state index is 8.76. The zero-order chi connectivity index (χ0) is 9.26. The van der Waals surface area contributed by atoms with Crippen molar-refractivity contribution in [3.63, 3.8) is 0 Å². The number of nitrogens with zero attached hydrogens (tertiary/aromatic N) is 2. The third-order valence-corrected chi connectivity index (χ3v) is 2.00. The van der Waals surface area contributed by atoms with Crippen LogP contribution in [-0.2, 0) is 6.42 Å². The lowest BCUT2D eigenvalue weighted by atomic mass is 10.3. The number of para-hydroxylation sites is 2. The van der Waals surface area contributed by atoms with Crippen LogP contribution < -0.4 is 0 Å². The molecule has 0 aliphatic rings. The van der Waals surface area contributed by atoms with Crippen LogP contribution in [0.2, 0.25) is 0 Å². The largest absolute Gasteiger partial charge is 0.396 e. The number of rotatable bonds is 2. The van der Waals surface area contributed by atoms with E-state index in [-0.39, 0.29) is 6.61 Å². The van der Waals surface area contributed by atoms with Gasteiger partial charge < -0.3 is 9.67 Å². The molecule has 0 bridgehead atoms. The first-order valence-corrected chi connectivity index (χ1v) is 4.15. The van der Waals surface area contributed by atoms with Crippen molar-refractivity contribution in [1.29, 1.82) is 0 Å². The Morgan fingerprint density at radius 2 is 2.15 bits per heavy atom. The molecule has 0 fully saturated rings. The fraction of sp³-hybridized carbons (Fsp3) is 0.200. The summed E-state index contributed by atoms with van der Waals surface area (Å²) in [5, 5.41) is 8.76. The van der Waals surface area contributed by atoms with Crippen LogP contribution >= 0.6 is 0 Å². The number of aromatic nitrogens is 2. The van der Waals surface area contributed by atoms with E-state index >= 15 is 0 Å². The van der Waals surface area contributed by atoms with E-state index in [1.165, 1.54) is 4.57 Å². The minimum Gasteiger partial charge on any atom is -0.396 e. The van der Waals surface area contributed by atoms with E-state index in [1.54, 1.807) is 0 Å². The number of hydrogen-bond donors (Lipinski definition) is 1. The summed E-state index contributed by atoms with van der Waals surface area (Å²) in [4.78, 5) is 4.28. The van der Waals surface area contributed by atoms with Crippen molar-refractivity contribution >= 4 is 11.0 Å². The zero-order valence-electron chi connectivity index (χ0n) is 7.14. The van der Waals surface area contributed by atoms with Gasteiger partial charge in [-0.1, -0.05) is 12.1 Å². The summed E-state index contributed by atoms with van der Waals surface area (Å²) < 4.78 is 1.52. The number of hydrogen-bond acceptors (Lipinski definition) is 2. The first kappa shape index (κ1) is 8.26. The molecule has 66 valence electrons. The van der Waals surface area contributed by atoms with Gasteiger partial charge in [0.2, 0.25) is 0 Å². The number of imidazole rings is 1. The molecule has 0 aliphatic heterocycles. The minimum absolute atomic E-state index is 0.0700. The second-order valence-electron chi connectivity index (χ2n) is 2.86. The third-order valence-electron chi connectivity index (χ3n) is 2.00. The normalized spacial score (nSPS) is 10.9. The first-order chi connectivity index (χ1) is 6.33. The Balaban J connectivity index is 2.60. The van der Waals surface area contributed by atoms with E-state index in [2.05, 4.69) is 4.98 Å². The Morgan fingerprint density at radius 1 is 1.38 bits per heavy atom. The molecule has 3 nitrogen and oxygen atoms in total. The third kappa shape index (κ3) is 1.31. The summed E-state index contributed by atoms with van der Waals surface area (Å²) in [6, 6.07) is 7.64. The minimum atomic E-state index is 0.0700. The zero-order valence-corrected chi connectivity index (χ0v) is 7.14. The molecule has 0 spiro atoms. The molecule has 2 aromatic rings. The predicted octanol–water partition coefficient (Wildman–Crippen LogP) is 1.09. The number of aliphatic hydroxyl groups is 1. The van der Waals surface area contributed by atoms with Crippen LogP contribution in [0.3, 0.4) is 0 Å². The molecular weight excluding hydrogens is 164 g/mol. The van der Waals surface area contributed by atoms with Crippen LogP contribution in [-0.4, -0.2) is 21.3 Å². The van der Waals surface area contributed by atoms with Crippen LogP contribution in [0.5, 0.6) is 0 Å². The molecule has 2 rings (SSSR count). The van der Waals surface area contributed by atoms with E-state index in [4.69, 9.17) is 12.2 Å². The Bertz CT molecular complexity index is 420. The van der Waals surface area contributed by atoms with Crippen LogP contribution in [0.15, 0.2) is 24.3 Å². The summed E-state index contributed by atoms with van der Waals surface area (Å²) in [6.07, 6.45) is 0.491. The molecule has 2 radical (unpaired) electrons. The summed E-state index contributed by atoms with van der Waals surface area (Å²) in [7, 11) is 5.77. The lowest BCUT2D eigenvalue weighted by Crippen LogP contribution is -1.98. The van der Waals surface area contributed by atoms with Gasteiger partial charge in [0.1, 0.15) is 5.82 Å². The van der Waals surface area contributed by atoms with E-state index in [1.807, 2.05) is 24.3 Å². The molecule has 3 heteroatoms. The second kappa shape index (κ2) is 3.18. The van der Waals surface area contributed by atoms with Gasteiger partial charge in [0.25, 0.3) is 0 Å². The van der Waals surface area contributed by atoms with Crippen molar-refractivity contribution in [2.24, 2.45) is 0 Å². The van der Waals surface area contributed by atoms with Gasteiger partial charge in [-0.2, -0.15) is 0 Å². The van der Waals surface area contributed by atoms with Gasteiger partial charge in [-0.15, -0.1) is 0 Å². The Hall–Kier alpha value is -1.35. The second-order valence-corrected chi connectivity index (χ2v) is 2.86. The Morgan fingerprint density at radius 3 is 2.85 bits per heavy atom. The van der Waals surface area contributed by atoms with Gasteiger partial charge in [0.15, 0.2) is 0 Å². The summed E-state index contributed by atoms with van der Waals surface area (Å²) in [5.41, 5.74) is 1.76. The van der Waals surface area contributed by atoms with Crippen molar-refractivity contribution in [2.45, 2.75) is 6.42 Å². The van der Waals surface area contributed by atoms with Gasteiger partial charge in [-0.05, 0) is 12.1 Å². The van der Waals surface area contributed by atoms with E-state index in [9.17, 15) is 0 Å². The van der Waals surface area contributed by atoms with Gasteiger partial charge in [-0.25, -0.2) is 4.98 Å². The topological polar surface area (TPSA) is 38.0 Å². The van der Waals surface area contributed by atoms with Gasteiger partial charge >= 0.3 is 0 Å². The lowest BCUT2D eigenvalue weighted by Gasteiger charge is -1.97. The van der Waals surface area contributed by atoms with Crippen molar-refractivity contribution < 1.29 is 5.11 Å². The van der Waals surface area contributed by atoms with Crippen LogP contribution in [0.1, 0.15) is 5.82 Å². The molecule has 0 amide bonds. The molecule has 0 saturated heterocycles. The SMILES string of the molecule is [CH]n1c(CCO)nc2ccccc21. The fourth-order valence-electron chi connectivity index (χ4n) is 1.37. The Labute approximate surface area is 76.6 Å². The van der Waals surface area contributed by atoms with Gasteiger partial charge in [-0.3, -0.25) is 0 Å². The van der Waals surface area contributed by atoms with Crippen LogP contribution in [0.25, 0.3) is 11.0 Å². The monoisotopic (exact) mass is 174 g/mol. The van der Waals surface area contributed by atoms with Gasteiger partial charge in [0.05, 0.1) is 24.7 Å². The average molecular weight is 174 g/mol. The number of fused-ring (bicyclic) bond motifs is 1. The molecular formula is C10H10N2O. The molecule has 13 heavy (non-hydrogen) atoms. The highest BCUT2D eigenvalue weighted by Crippen LogP contribution is 2.14. The average Bonchev–Trinajstić information content (AvgIpc) is 2.46. The lowest BCUT2D eigenvalue weighted by molar-refractivity contribution is 0.296. The van der Waals surface area contributed by atoms with Crippen molar-refractivity contribution in [2.75, 3.05) is 6.61 Å². The van der Waals surface area contributed by atoms with E-state index in [0.29, 0.717) is 12.2 Å². The molecule has 0 unspecified atom stereocenters.